The highest BCUT2D eigenvalue weighted by atomic mass is 35.5. The molecule has 7 nitrogen and oxygen atoms in total. The zero-order valence-corrected chi connectivity index (χ0v) is 19.0. The number of hydrogen-bond acceptors (Lipinski definition) is 5. The second-order valence-corrected chi connectivity index (χ2v) is 7.96. The molecule has 0 amide bonds. The van der Waals surface area contributed by atoms with Crippen molar-refractivity contribution in [3.05, 3.63) is 74.5 Å². The van der Waals surface area contributed by atoms with Gasteiger partial charge in [0.2, 0.25) is 0 Å². The van der Waals surface area contributed by atoms with Crippen molar-refractivity contribution in [2.45, 2.75) is 26.8 Å². The lowest BCUT2D eigenvalue weighted by molar-refractivity contribution is 0.0514. The van der Waals surface area contributed by atoms with Crippen LogP contribution in [-0.2, 0) is 11.4 Å². The Balaban J connectivity index is 1.61. The number of carbonyl (C=O) groups is 1. The van der Waals surface area contributed by atoms with Crippen molar-refractivity contribution in [3.63, 3.8) is 0 Å². The first-order chi connectivity index (χ1) is 14.7. The number of amidine groups is 1. The van der Waals surface area contributed by atoms with Crippen LogP contribution < -0.4 is 10.5 Å². The largest absolute Gasteiger partial charge is 0.453 e. The van der Waals surface area contributed by atoms with Crippen LogP contribution in [0.1, 0.15) is 28.2 Å². The zero-order chi connectivity index (χ0) is 22.5. The Bertz CT molecular complexity index is 1110. The van der Waals surface area contributed by atoms with E-state index in [-0.39, 0.29) is 11.4 Å². The summed E-state index contributed by atoms with van der Waals surface area (Å²) >= 11 is 17.7. The van der Waals surface area contributed by atoms with Crippen LogP contribution in [-0.4, -0.2) is 21.6 Å². The molecule has 1 aromatic heterocycles. The highest BCUT2D eigenvalue weighted by Crippen LogP contribution is 2.29. The first-order valence-electron chi connectivity index (χ1n) is 9.20. The van der Waals surface area contributed by atoms with E-state index >= 15 is 0 Å². The molecule has 31 heavy (non-hydrogen) atoms. The molecule has 0 radical (unpaired) electrons. The van der Waals surface area contributed by atoms with Gasteiger partial charge in [-0.2, -0.15) is 5.10 Å². The summed E-state index contributed by atoms with van der Waals surface area (Å²) in [6.07, 6.45) is 0.311. The molecule has 0 saturated carbocycles. The maximum atomic E-state index is 12.1. The molecule has 10 heteroatoms. The number of hydrogen-bond donors (Lipinski definition) is 1. The monoisotopic (exact) mass is 480 g/mol. The molecule has 0 unspecified atom stereocenters. The van der Waals surface area contributed by atoms with Crippen molar-refractivity contribution < 1.29 is 14.4 Å². The third-order valence-electron chi connectivity index (χ3n) is 4.27. The van der Waals surface area contributed by atoms with Crippen LogP contribution in [0, 0.1) is 13.8 Å². The van der Waals surface area contributed by atoms with E-state index in [9.17, 15) is 4.79 Å². The topological polar surface area (TPSA) is 91.7 Å². The summed E-state index contributed by atoms with van der Waals surface area (Å²) in [4.78, 5) is 17.0. The second kappa shape index (κ2) is 10.0. The predicted molar refractivity (Wildman–Crippen MR) is 121 cm³/mol. The van der Waals surface area contributed by atoms with E-state index < -0.39 is 5.97 Å². The Hall–Kier alpha value is -2.74. The smallest absolute Gasteiger partial charge is 0.365 e. The van der Waals surface area contributed by atoms with E-state index in [4.69, 9.17) is 50.1 Å². The maximum absolute atomic E-state index is 12.1. The minimum absolute atomic E-state index is 0.134. The highest BCUT2D eigenvalue weighted by Gasteiger charge is 2.15. The van der Waals surface area contributed by atoms with Crippen LogP contribution in [0.5, 0.6) is 11.5 Å². The summed E-state index contributed by atoms with van der Waals surface area (Å²) in [5.74, 6) is 0.734. The predicted octanol–water partition coefficient (Wildman–Crippen LogP) is 5.77. The maximum Gasteiger partial charge on any atom is 0.365 e. The Kier molecular flexibility index (Phi) is 7.43. The number of aryl methyl sites for hydroxylation is 2. The van der Waals surface area contributed by atoms with Gasteiger partial charge in [0.25, 0.3) is 0 Å². The highest BCUT2D eigenvalue weighted by molar-refractivity contribution is 6.35. The van der Waals surface area contributed by atoms with Crippen LogP contribution in [0.4, 0.5) is 0 Å². The zero-order valence-electron chi connectivity index (χ0n) is 16.7. The lowest BCUT2D eigenvalue weighted by atomic mass is 10.2. The normalized spacial score (nSPS) is 11.5. The molecule has 0 atom stereocenters. The summed E-state index contributed by atoms with van der Waals surface area (Å²) < 4.78 is 7.69. The fourth-order valence-corrected chi connectivity index (χ4v) is 3.41. The molecular formula is C21H19Cl3N4O3. The molecule has 0 saturated heterocycles. The molecule has 2 N–H and O–H groups in total. The van der Waals surface area contributed by atoms with Gasteiger partial charge in [0.05, 0.1) is 11.3 Å². The van der Waals surface area contributed by atoms with E-state index in [2.05, 4.69) is 10.3 Å². The first-order valence-corrected chi connectivity index (χ1v) is 10.3. The number of halogens is 3. The number of nitrogens with zero attached hydrogens (tertiary/aromatic N) is 3. The van der Waals surface area contributed by atoms with E-state index in [1.54, 1.807) is 28.9 Å². The van der Waals surface area contributed by atoms with Gasteiger partial charge in [0.1, 0.15) is 17.3 Å². The fourth-order valence-electron chi connectivity index (χ4n) is 2.76. The van der Waals surface area contributed by atoms with Crippen LogP contribution >= 0.6 is 34.8 Å². The summed E-state index contributed by atoms with van der Waals surface area (Å²) in [5, 5.41) is 9.42. The summed E-state index contributed by atoms with van der Waals surface area (Å²) in [5.41, 5.74) is 7.61. The number of nitrogens with two attached hydrogens (primary N) is 1. The van der Waals surface area contributed by atoms with Crippen LogP contribution in [0.3, 0.4) is 0 Å². The molecule has 0 bridgehead atoms. The fraction of sp³-hybridized carbons (Fsp3) is 0.190. The van der Waals surface area contributed by atoms with Gasteiger partial charge >= 0.3 is 5.97 Å². The molecular weight excluding hydrogens is 463 g/mol. The van der Waals surface area contributed by atoms with Crippen molar-refractivity contribution in [2.24, 2.45) is 10.9 Å². The molecule has 3 rings (SSSR count). The lowest BCUT2D eigenvalue weighted by Gasteiger charge is -2.07. The Labute approximate surface area is 194 Å². The molecule has 0 fully saturated rings. The molecule has 0 aliphatic carbocycles. The van der Waals surface area contributed by atoms with Crippen LogP contribution in [0.2, 0.25) is 15.1 Å². The van der Waals surface area contributed by atoms with Gasteiger partial charge < -0.3 is 15.3 Å². The number of benzene rings is 2. The van der Waals surface area contributed by atoms with Gasteiger partial charge in [-0.25, -0.2) is 4.79 Å². The number of rotatable bonds is 7. The summed E-state index contributed by atoms with van der Waals surface area (Å²) in [6.45, 7) is 4.16. The van der Waals surface area contributed by atoms with Gasteiger partial charge in [-0.15, -0.1) is 0 Å². The number of oxime groups is 1. The van der Waals surface area contributed by atoms with Crippen molar-refractivity contribution in [1.29, 1.82) is 0 Å². The first kappa shape index (κ1) is 22.9. The molecule has 0 aliphatic heterocycles. The summed E-state index contributed by atoms with van der Waals surface area (Å²) in [7, 11) is 0. The van der Waals surface area contributed by atoms with Crippen LogP contribution in [0.25, 0.3) is 0 Å². The molecule has 0 spiro atoms. The van der Waals surface area contributed by atoms with E-state index in [0.717, 1.165) is 11.4 Å². The molecule has 2 aromatic carbocycles. The van der Waals surface area contributed by atoms with Crippen molar-refractivity contribution in [2.75, 3.05) is 0 Å². The van der Waals surface area contributed by atoms with Gasteiger partial charge in [-0.3, -0.25) is 4.68 Å². The third kappa shape index (κ3) is 6.13. The average molecular weight is 482 g/mol. The standard InChI is InChI=1S/C21H19Cl3N4O3/c1-12-20(30-18-5-3-15(22)4-6-18)13(2)28(26-12)8-7-19(25)27-31-21(29)14-9-16(23)11-17(24)10-14/h3-6,9-11H,7-8H2,1-2H3,(H2,25,27). The van der Waals surface area contributed by atoms with Crippen LogP contribution in [0.15, 0.2) is 47.6 Å². The minimum atomic E-state index is -0.711. The van der Waals surface area contributed by atoms with E-state index in [0.29, 0.717) is 39.5 Å². The Morgan fingerprint density at radius 1 is 1.06 bits per heavy atom. The van der Waals surface area contributed by atoms with Crippen molar-refractivity contribution >= 4 is 46.6 Å². The summed E-state index contributed by atoms with van der Waals surface area (Å²) in [6, 6.07) is 11.4. The number of carbonyl (C=O) groups excluding carboxylic acids is 1. The van der Waals surface area contributed by atoms with Gasteiger partial charge in [-0.05, 0) is 56.3 Å². The molecule has 1 heterocycles. The Morgan fingerprint density at radius 2 is 1.71 bits per heavy atom. The SMILES string of the molecule is Cc1nn(CC/C(N)=N\OC(=O)c2cc(Cl)cc(Cl)c2)c(C)c1Oc1ccc(Cl)cc1. The molecule has 3 aromatic rings. The average Bonchev–Trinajstić information content (AvgIpc) is 2.98. The lowest BCUT2D eigenvalue weighted by Crippen LogP contribution is -2.17. The molecule has 0 aliphatic rings. The van der Waals surface area contributed by atoms with Gasteiger partial charge in [0.15, 0.2) is 5.75 Å². The van der Waals surface area contributed by atoms with Gasteiger partial charge in [-0.1, -0.05) is 40.0 Å². The van der Waals surface area contributed by atoms with E-state index in [1.807, 2.05) is 13.8 Å². The number of ether oxygens (including phenoxy) is 1. The van der Waals surface area contributed by atoms with Crippen molar-refractivity contribution in [3.8, 4) is 11.5 Å². The minimum Gasteiger partial charge on any atom is -0.453 e. The number of aromatic nitrogens is 2. The quantitative estimate of drug-likeness (QED) is 0.200. The van der Waals surface area contributed by atoms with Gasteiger partial charge in [0, 0.05) is 28.0 Å². The third-order valence-corrected chi connectivity index (χ3v) is 4.96. The Morgan fingerprint density at radius 3 is 2.35 bits per heavy atom. The van der Waals surface area contributed by atoms with E-state index in [1.165, 1.54) is 18.2 Å². The second-order valence-electron chi connectivity index (χ2n) is 6.65. The van der Waals surface area contributed by atoms with Crippen molar-refractivity contribution in [1.82, 2.24) is 9.78 Å². The molecule has 162 valence electrons.